The monoisotopic (exact) mass is 292 g/mol. The molecule has 2 amide bonds. The fourth-order valence-electron chi connectivity index (χ4n) is 2.53. The van der Waals surface area contributed by atoms with Gasteiger partial charge in [0, 0.05) is 37.6 Å². The molecule has 2 rings (SSSR count). The van der Waals surface area contributed by atoms with Crippen LogP contribution >= 0.6 is 0 Å². The molecule has 0 aliphatic carbocycles. The summed E-state index contributed by atoms with van der Waals surface area (Å²) in [7, 11) is 1.68. The Balaban J connectivity index is 1.86. The van der Waals surface area contributed by atoms with Gasteiger partial charge in [0.15, 0.2) is 0 Å². The highest BCUT2D eigenvalue weighted by Gasteiger charge is 2.17. The summed E-state index contributed by atoms with van der Waals surface area (Å²) < 4.78 is 1.46. The van der Waals surface area contributed by atoms with Gasteiger partial charge < -0.3 is 20.1 Å². The van der Waals surface area contributed by atoms with Crippen molar-refractivity contribution in [3.05, 3.63) is 28.7 Å². The quantitative estimate of drug-likeness (QED) is 0.861. The van der Waals surface area contributed by atoms with Crippen LogP contribution in [0.5, 0.6) is 0 Å². The Morgan fingerprint density at radius 1 is 1.38 bits per heavy atom. The van der Waals surface area contributed by atoms with Crippen LogP contribution in [0.3, 0.4) is 0 Å². The third-order valence-corrected chi connectivity index (χ3v) is 3.87. The van der Waals surface area contributed by atoms with Gasteiger partial charge in [0.1, 0.15) is 0 Å². The molecule has 1 aliphatic rings. The van der Waals surface area contributed by atoms with Crippen molar-refractivity contribution in [1.82, 2.24) is 14.8 Å². The molecule has 0 aromatic carbocycles. The van der Waals surface area contributed by atoms with Crippen LogP contribution in [0.2, 0.25) is 0 Å². The summed E-state index contributed by atoms with van der Waals surface area (Å²) in [5.41, 5.74) is 0.378. The van der Waals surface area contributed by atoms with Crippen molar-refractivity contribution in [2.24, 2.45) is 7.05 Å². The van der Waals surface area contributed by atoms with E-state index in [-0.39, 0.29) is 17.6 Å². The molecule has 1 aliphatic heterocycles. The molecule has 2 heterocycles. The Bertz CT molecular complexity index is 535. The second-order valence-corrected chi connectivity index (χ2v) is 5.58. The minimum atomic E-state index is -0.255. The summed E-state index contributed by atoms with van der Waals surface area (Å²) in [5.74, 6) is 0. The average molecular weight is 292 g/mol. The zero-order chi connectivity index (χ0) is 15.2. The smallest absolute Gasteiger partial charge is 0.319 e. The van der Waals surface area contributed by atoms with Crippen molar-refractivity contribution in [3.63, 3.8) is 0 Å². The number of nitrogens with one attached hydrogen (secondary N) is 2. The van der Waals surface area contributed by atoms with Gasteiger partial charge in [-0.1, -0.05) is 6.92 Å². The number of rotatable bonds is 5. The molecule has 1 aromatic rings. The van der Waals surface area contributed by atoms with Gasteiger partial charge in [0.25, 0.3) is 5.56 Å². The van der Waals surface area contributed by atoms with Crippen LogP contribution in [-0.4, -0.2) is 41.2 Å². The number of hydrogen-bond acceptors (Lipinski definition) is 3. The van der Waals surface area contributed by atoms with Crippen molar-refractivity contribution in [2.45, 2.75) is 32.2 Å². The van der Waals surface area contributed by atoms with E-state index in [1.165, 1.54) is 23.5 Å². The van der Waals surface area contributed by atoms with Gasteiger partial charge in [-0.25, -0.2) is 4.79 Å². The number of urea groups is 1. The largest absolute Gasteiger partial charge is 0.334 e. The Morgan fingerprint density at radius 2 is 2.10 bits per heavy atom. The number of nitrogens with zero attached hydrogens (tertiary/aromatic N) is 2. The summed E-state index contributed by atoms with van der Waals surface area (Å²) in [4.78, 5) is 25.9. The summed E-state index contributed by atoms with van der Waals surface area (Å²) in [6.07, 6.45) is 5.02. The lowest BCUT2D eigenvalue weighted by Gasteiger charge is -2.23. The van der Waals surface area contributed by atoms with Crippen LogP contribution in [0, 0.1) is 0 Å². The molecule has 1 fully saturated rings. The Hall–Kier alpha value is -1.82. The molecule has 0 bridgehead atoms. The topological polar surface area (TPSA) is 66.4 Å². The fraction of sp³-hybridized carbons (Fsp3) is 0.600. The third-order valence-electron chi connectivity index (χ3n) is 3.87. The first kappa shape index (κ1) is 15.6. The molecule has 6 nitrogen and oxygen atoms in total. The van der Waals surface area contributed by atoms with Crippen molar-refractivity contribution in [1.29, 1.82) is 0 Å². The molecule has 0 spiro atoms. The number of aryl methyl sites for hydroxylation is 1. The zero-order valence-electron chi connectivity index (χ0n) is 12.8. The van der Waals surface area contributed by atoms with Gasteiger partial charge >= 0.3 is 6.03 Å². The van der Waals surface area contributed by atoms with Gasteiger partial charge in [-0.3, -0.25) is 4.79 Å². The molecular weight excluding hydrogens is 268 g/mol. The maximum absolute atomic E-state index is 12.0. The van der Waals surface area contributed by atoms with E-state index in [1.54, 1.807) is 19.3 Å². The van der Waals surface area contributed by atoms with E-state index >= 15 is 0 Å². The molecule has 1 atom stereocenters. The Labute approximate surface area is 125 Å². The second kappa shape index (κ2) is 7.26. The van der Waals surface area contributed by atoms with E-state index in [9.17, 15) is 9.59 Å². The van der Waals surface area contributed by atoms with Crippen LogP contribution in [-0.2, 0) is 7.05 Å². The van der Waals surface area contributed by atoms with Crippen molar-refractivity contribution < 1.29 is 4.79 Å². The molecule has 1 saturated heterocycles. The van der Waals surface area contributed by atoms with Crippen LogP contribution in [0.4, 0.5) is 10.5 Å². The zero-order valence-corrected chi connectivity index (χ0v) is 12.8. The summed E-state index contributed by atoms with van der Waals surface area (Å²) in [5, 5.41) is 5.69. The van der Waals surface area contributed by atoms with Crippen LogP contribution in [0.25, 0.3) is 0 Å². The molecule has 1 aromatic heterocycles. The number of carbonyl (C=O) groups excluding carboxylic acids is 1. The minimum Gasteiger partial charge on any atom is -0.334 e. The van der Waals surface area contributed by atoms with Gasteiger partial charge in [-0.05, 0) is 38.4 Å². The SMILES string of the molecule is CCC(CN1CCCC1)NC(=O)Nc1ccn(C)c(=O)c1. The number of hydrogen-bond donors (Lipinski definition) is 2. The number of anilines is 1. The van der Waals surface area contributed by atoms with Crippen LogP contribution in [0.15, 0.2) is 23.1 Å². The molecule has 21 heavy (non-hydrogen) atoms. The van der Waals surface area contributed by atoms with E-state index in [4.69, 9.17) is 0 Å². The lowest BCUT2D eigenvalue weighted by Crippen LogP contribution is -2.44. The summed E-state index contributed by atoms with van der Waals surface area (Å²) in [6, 6.07) is 3.01. The van der Waals surface area contributed by atoms with Gasteiger partial charge in [0.2, 0.25) is 0 Å². The Kier molecular flexibility index (Phi) is 5.38. The highest BCUT2D eigenvalue weighted by Crippen LogP contribution is 2.09. The Morgan fingerprint density at radius 3 is 2.71 bits per heavy atom. The normalized spacial score (nSPS) is 16.7. The fourth-order valence-corrected chi connectivity index (χ4v) is 2.53. The van der Waals surface area contributed by atoms with Crippen LogP contribution < -0.4 is 16.2 Å². The molecule has 1 unspecified atom stereocenters. The first-order valence-electron chi connectivity index (χ1n) is 7.55. The van der Waals surface area contributed by atoms with Crippen molar-refractivity contribution in [3.8, 4) is 0 Å². The summed E-state index contributed by atoms with van der Waals surface area (Å²) in [6.45, 7) is 5.20. The third kappa shape index (κ3) is 4.60. The molecule has 6 heteroatoms. The van der Waals surface area contributed by atoms with Crippen molar-refractivity contribution in [2.75, 3.05) is 25.0 Å². The van der Waals surface area contributed by atoms with E-state index in [0.717, 1.165) is 26.1 Å². The average Bonchev–Trinajstić information content (AvgIpc) is 2.95. The van der Waals surface area contributed by atoms with E-state index in [0.29, 0.717) is 5.69 Å². The molecule has 0 radical (unpaired) electrons. The molecular formula is C15H24N4O2. The lowest BCUT2D eigenvalue weighted by atomic mass is 10.2. The second-order valence-electron chi connectivity index (χ2n) is 5.58. The van der Waals surface area contributed by atoms with E-state index in [2.05, 4.69) is 22.5 Å². The highest BCUT2D eigenvalue weighted by atomic mass is 16.2. The van der Waals surface area contributed by atoms with E-state index < -0.39 is 0 Å². The van der Waals surface area contributed by atoms with Crippen molar-refractivity contribution >= 4 is 11.7 Å². The lowest BCUT2D eigenvalue weighted by molar-refractivity contribution is 0.239. The maximum atomic E-state index is 12.0. The van der Waals surface area contributed by atoms with Crippen LogP contribution in [0.1, 0.15) is 26.2 Å². The first-order valence-corrected chi connectivity index (χ1v) is 7.55. The predicted octanol–water partition coefficient (Wildman–Crippen LogP) is 1.38. The van der Waals surface area contributed by atoms with Gasteiger partial charge in [-0.2, -0.15) is 0 Å². The van der Waals surface area contributed by atoms with Gasteiger partial charge in [0.05, 0.1) is 0 Å². The molecule has 0 saturated carbocycles. The highest BCUT2D eigenvalue weighted by molar-refractivity contribution is 5.89. The number of aromatic nitrogens is 1. The summed E-state index contributed by atoms with van der Waals surface area (Å²) >= 11 is 0. The molecule has 116 valence electrons. The minimum absolute atomic E-state index is 0.134. The number of pyridine rings is 1. The number of likely N-dealkylation sites (tertiary alicyclic amines) is 1. The maximum Gasteiger partial charge on any atom is 0.319 e. The number of carbonyl (C=O) groups is 1. The van der Waals surface area contributed by atoms with Gasteiger partial charge in [-0.15, -0.1) is 0 Å². The van der Waals surface area contributed by atoms with E-state index in [1.807, 2.05) is 0 Å². The number of amides is 2. The molecule has 2 N–H and O–H groups in total. The first-order chi connectivity index (χ1) is 10.1. The predicted molar refractivity (Wildman–Crippen MR) is 83.6 cm³/mol. The standard InChI is InChI=1S/C15H24N4O2/c1-3-12(11-19-7-4-5-8-19)16-15(21)17-13-6-9-18(2)14(20)10-13/h6,9-10,12H,3-5,7-8,11H2,1-2H3,(H2,16,17,21).